The van der Waals surface area contributed by atoms with Crippen LogP contribution in [0.3, 0.4) is 0 Å². The van der Waals surface area contributed by atoms with Gasteiger partial charge in [0.05, 0.1) is 31.1 Å². The Kier molecular flexibility index (Phi) is 7.14. The summed E-state index contributed by atoms with van der Waals surface area (Å²) in [6.45, 7) is 3.05. The molecule has 2 aliphatic carbocycles. The second-order valence-electron chi connectivity index (χ2n) is 8.09. The maximum atomic E-state index is 13.0. The molecule has 0 amide bonds. The van der Waals surface area contributed by atoms with E-state index in [2.05, 4.69) is 20.3 Å². The summed E-state index contributed by atoms with van der Waals surface area (Å²) in [5.74, 6) is 1.76. The van der Waals surface area contributed by atoms with Crippen LogP contribution in [0.15, 0.2) is 24.0 Å². The number of halogens is 3. The number of ether oxygens (including phenoxy) is 3. The zero-order valence-electron chi connectivity index (χ0n) is 18.6. The van der Waals surface area contributed by atoms with Crippen LogP contribution in [-0.2, 0) is 33.4 Å². The first-order chi connectivity index (χ1) is 15.8. The van der Waals surface area contributed by atoms with Crippen LogP contribution >= 0.6 is 0 Å². The van der Waals surface area contributed by atoms with Gasteiger partial charge in [0.25, 0.3) is 0 Å². The zero-order valence-corrected chi connectivity index (χ0v) is 18.6. The van der Waals surface area contributed by atoms with Crippen LogP contribution in [0, 0.1) is 6.92 Å². The lowest BCUT2D eigenvalue weighted by Gasteiger charge is -2.26. The van der Waals surface area contributed by atoms with Crippen molar-refractivity contribution >= 4 is 11.9 Å². The highest BCUT2D eigenvalue weighted by Gasteiger charge is 2.32. The Bertz CT molecular complexity index is 1010. The molecular weight excluding hydrogens is 437 g/mol. The van der Waals surface area contributed by atoms with Gasteiger partial charge in [-0.3, -0.25) is 0 Å². The fraction of sp³-hybridized carbons (Fsp3) is 0.522. The Balaban J connectivity index is 1.45. The minimum Gasteiger partial charge on any atom is -0.498 e. The average molecular weight is 464 g/mol. The molecular formula is C23H27F3N4O3. The van der Waals surface area contributed by atoms with Crippen LogP contribution in [0.4, 0.5) is 19.0 Å². The molecule has 0 aliphatic heterocycles. The number of nitrogens with one attached hydrogen (secondary N) is 1. The molecule has 1 N–H and O–H groups in total. The van der Waals surface area contributed by atoms with E-state index in [4.69, 9.17) is 14.2 Å². The molecule has 0 radical (unpaired) electrons. The summed E-state index contributed by atoms with van der Waals surface area (Å²) in [4.78, 5) is 12.7. The van der Waals surface area contributed by atoms with Crippen molar-refractivity contribution in [2.24, 2.45) is 0 Å². The number of hydrogen-bond donors (Lipinski definition) is 1. The molecule has 1 saturated carbocycles. The van der Waals surface area contributed by atoms with Crippen molar-refractivity contribution in [2.45, 2.75) is 57.5 Å². The van der Waals surface area contributed by atoms with Gasteiger partial charge in [0.2, 0.25) is 0 Å². The minimum absolute atomic E-state index is 0.0949. The number of methoxy groups -OCH3 is 1. The third kappa shape index (κ3) is 6.20. The standard InChI is InChI=1S/C23H27F3N4O3/c1-14-28-18-12-19(31-2)20(33-10-4-9-32-16-7-8-16)11-17(18)22(29-14)27-13-15-5-3-6-21(30-15)23(24,25)26/h3,5-6,12,16,20H,4,7-11,13H2,1-2H3,(H,27,28,29). The average Bonchev–Trinajstić information content (AvgIpc) is 3.61. The molecule has 0 bridgehead atoms. The van der Waals surface area contributed by atoms with Gasteiger partial charge < -0.3 is 19.5 Å². The Morgan fingerprint density at radius 3 is 2.61 bits per heavy atom. The second-order valence-corrected chi connectivity index (χ2v) is 8.09. The molecule has 1 unspecified atom stereocenters. The predicted octanol–water partition coefficient (Wildman–Crippen LogP) is 4.31. The van der Waals surface area contributed by atoms with Crippen LogP contribution in [0.25, 0.3) is 6.08 Å². The van der Waals surface area contributed by atoms with Gasteiger partial charge in [0.1, 0.15) is 29.2 Å². The molecule has 2 heterocycles. The normalized spacial score (nSPS) is 18.0. The number of anilines is 1. The fourth-order valence-electron chi connectivity index (χ4n) is 3.61. The lowest BCUT2D eigenvalue weighted by molar-refractivity contribution is -0.141. The minimum atomic E-state index is -4.49. The number of rotatable bonds is 10. The van der Waals surface area contributed by atoms with Crippen LogP contribution in [0.2, 0.25) is 0 Å². The molecule has 0 saturated heterocycles. The van der Waals surface area contributed by atoms with E-state index < -0.39 is 11.9 Å². The third-order valence-electron chi connectivity index (χ3n) is 5.39. The molecule has 10 heteroatoms. The quantitative estimate of drug-likeness (QED) is 0.525. The van der Waals surface area contributed by atoms with Crippen LogP contribution < -0.4 is 5.32 Å². The van der Waals surface area contributed by atoms with Gasteiger partial charge in [-0.25, -0.2) is 15.0 Å². The second kappa shape index (κ2) is 10.0. The number of alkyl halides is 3. The largest absolute Gasteiger partial charge is 0.498 e. The molecule has 2 aliphatic rings. The van der Waals surface area contributed by atoms with Crippen LogP contribution in [0.1, 0.15) is 47.7 Å². The molecule has 2 aromatic heterocycles. The van der Waals surface area contributed by atoms with Crippen LogP contribution in [-0.4, -0.2) is 47.5 Å². The molecule has 1 atom stereocenters. The molecule has 4 rings (SSSR count). The third-order valence-corrected chi connectivity index (χ3v) is 5.39. The SMILES string of the molecule is COC1=Cc2nc(C)nc(NCc3cccc(C(F)(F)F)n3)c2CC1OCCCOC1CC1. The Hall–Kier alpha value is -2.72. The molecule has 2 aromatic rings. The van der Waals surface area contributed by atoms with E-state index in [1.165, 1.54) is 6.07 Å². The molecule has 7 nitrogen and oxygen atoms in total. The van der Waals surface area contributed by atoms with Crippen molar-refractivity contribution in [1.29, 1.82) is 0 Å². The maximum absolute atomic E-state index is 13.0. The summed E-state index contributed by atoms with van der Waals surface area (Å²) in [6.07, 6.45) is 1.00. The molecule has 0 spiro atoms. The highest BCUT2D eigenvalue weighted by atomic mass is 19.4. The van der Waals surface area contributed by atoms with Gasteiger partial charge in [-0.15, -0.1) is 0 Å². The number of nitrogens with zero attached hydrogens (tertiary/aromatic N) is 3. The number of pyridine rings is 1. The summed E-state index contributed by atoms with van der Waals surface area (Å²) in [6, 6.07) is 3.84. The molecule has 1 fully saturated rings. The first-order valence-corrected chi connectivity index (χ1v) is 11.0. The maximum Gasteiger partial charge on any atom is 0.433 e. The zero-order chi connectivity index (χ0) is 23.4. The number of aryl methyl sites for hydroxylation is 1. The van der Waals surface area contributed by atoms with Gasteiger partial charge in [-0.1, -0.05) is 6.07 Å². The predicted molar refractivity (Wildman–Crippen MR) is 115 cm³/mol. The first kappa shape index (κ1) is 23.4. The van der Waals surface area contributed by atoms with Crippen molar-refractivity contribution in [3.63, 3.8) is 0 Å². The van der Waals surface area contributed by atoms with Crippen molar-refractivity contribution < 1.29 is 27.4 Å². The summed E-state index contributed by atoms with van der Waals surface area (Å²) in [5.41, 5.74) is 0.875. The van der Waals surface area contributed by atoms with Crippen molar-refractivity contribution in [3.8, 4) is 0 Å². The highest BCUT2D eigenvalue weighted by Crippen LogP contribution is 2.31. The van der Waals surface area contributed by atoms with Gasteiger partial charge in [0.15, 0.2) is 0 Å². The number of aromatic nitrogens is 3. The van der Waals surface area contributed by atoms with E-state index >= 15 is 0 Å². The Morgan fingerprint density at radius 2 is 1.88 bits per heavy atom. The van der Waals surface area contributed by atoms with E-state index in [-0.39, 0.29) is 18.3 Å². The van der Waals surface area contributed by atoms with E-state index in [9.17, 15) is 13.2 Å². The van der Waals surface area contributed by atoms with Crippen molar-refractivity contribution in [2.75, 3.05) is 25.6 Å². The number of fused-ring (bicyclic) bond motifs is 1. The molecule has 0 aromatic carbocycles. The van der Waals surface area contributed by atoms with Gasteiger partial charge in [-0.05, 0) is 38.3 Å². The lowest BCUT2D eigenvalue weighted by atomic mass is 9.98. The number of hydrogen-bond acceptors (Lipinski definition) is 7. The van der Waals surface area contributed by atoms with E-state index in [1.54, 1.807) is 20.1 Å². The molecule has 33 heavy (non-hydrogen) atoms. The molecule has 178 valence electrons. The lowest BCUT2D eigenvalue weighted by Crippen LogP contribution is -2.26. The topological polar surface area (TPSA) is 78.4 Å². The van der Waals surface area contributed by atoms with Gasteiger partial charge in [-0.2, -0.15) is 13.2 Å². The van der Waals surface area contributed by atoms with E-state index in [0.717, 1.165) is 30.9 Å². The Morgan fingerprint density at radius 1 is 1.09 bits per heavy atom. The van der Waals surface area contributed by atoms with E-state index in [0.29, 0.717) is 48.8 Å². The summed E-state index contributed by atoms with van der Waals surface area (Å²) >= 11 is 0. The summed E-state index contributed by atoms with van der Waals surface area (Å²) in [5, 5.41) is 3.13. The first-order valence-electron chi connectivity index (χ1n) is 11.0. The summed E-state index contributed by atoms with van der Waals surface area (Å²) in [7, 11) is 1.59. The highest BCUT2D eigenvalue weighted by molar-refractivity contribution is 5.63. The van der Waals surface area contributed by atoms with Crippen molar-refractivity contribution in [3.05, 3.63) is 52.4 Å². The van der Waals surface area contributed by atoms with Crippen LogP contribution in [0.5, 0.6) is 0 Å². The smallest absolute Gasteiger partial charge is 0.433 e. The Labute approximate surface area is 190 Å². The van der Waals surface area contributed by atoms with Gasteiger partial charge in [0, 0.05) is 31.3 Å². The summed E-state index contributed by atoms with van der Waals surface area (Å²) < 4.78 is 56.1. The monoisotopic (exact) mass is 464 g/mol. The fourth-order valence-corrected chi connectivity index (χ4v) is 3.61. The van der Waals surface area contributed by atoms with Gasteiger partial charge >= 0.3 is 6.18 Å². The van der Waals surface area contributed by atoms with Crippen molar-refractivity contribution in [1.82, 2.24) is 15.0 Å². The van der Waals surface area contributed by atoms with E-state index in [1.807, 2.05) is 6.08 Å².